The highest BCUT2D eigenvalue weighted by atomic mass is 19.1. The molecule has 128 valence electrons. The van der Waals surface area contributed by atoms with Gasteiger partial charge in [0.1, 0.15) is 0 Å². The van der Waals surface area contributed by atoms with Gasteiger partial charge in [-0.3, -0.25) is 9.89 Å². The van der Waals surface area contributed by atoms with Crippen LogP contribution in [0.5, 0.6) is 5.75 Å². The van der Waals surface area contributed by atoms with Crippen molar-refractivity contribution < 1.29 is 14.3 Å². The third kappa shape index (κ3) is 2.70. The number of halogens is 1. The third-order valence-corrected chi connectivity index (χ3v) is 4.35. The number of carbonyl (C=O) groups is 1. The van der Waals surface area contributed by atoms with Crippen molar-refractivity contribution in [3.05, 3.63) is 41.3 Å². The molecular weight excluding hydrogens is 325 g/mol. The van der Waals surface area contributed by atoms with Crippen LogP contribution in [0.4, 0.5) is 4.39 Å². The Hall–Kier alpha value is -3.00. The Bertz CT molecular complexity index is 1000. The molecular formula is C17H16FN5O2. The number of carbonyl (C=O) groups excluding carboxylic acids is 1. The molecule has 1 aromatic carbocycles. The molecule has 4 rings (SSSR count). The number of nitrogens with two attached hydrogens (primary N) is 1. The molecule has 5 N–H and O–H groups in total. The summed E-state index contributed by atoms with van der Waals surface area (Å²) in [5.41, 5.74) is 8.08. The van der Waals surface area contributed by atoms with Crippen LogP contribution in [0.2, 0.25) is 0 Å². The molecule has 3 aromatic rings. The summed E-state index contributed by atoms with van der Waals surface area (Å²) in [7, 11) is 0. The number of rotatable bonds is 3. The summed E-state index contributed by atoms with van der Waals surface area (Å²) in [5, 5.41) is 19.8. The number of fused-ring (bicyclic) bond motifs is 1. The lowest BCUT2D eigenvalue weighted by Gasteiger charge is -2.09. The number of hydrogen-bond donors (Lipinski definition) is 4. The van der Waals surface area contributed by atoms with Crippen molar-refractivity contribution >= 4 is 16.9 Å². The van der Waals surface area contributed by atoms with E-state index in [2.05, 4.69) is 20.5 Å². The molecule has 0 aliphatic heterocycles. The van der Waals surface area contributed by atoms with Crippen LogP contribution in [0.15, 0.2) is 24.3 Å². The molecule has 1 aliphatic carbocycles. The minimum atomic E-state index is -0.757. The van der Waals surface area contributed by atoms with Gasteiger partial charge in [0, 0.05) is 23.3 Å². The Balaban J connectivity index is 1.83. The normalized spacial score (nSPS) is 19.2. The van der Waals surface area contributed by atoms with E-state index >= 15 is 0 Å². The van der Waals surface area contributed by atoms with Gasteiger partial charge in [0.2, 0.25) is 0 Å². The zero-order valence-corrected chi connectivity index (χ0v) is 13.4. The van der Waals surface area contributed by atoms with Gasteiger partial charge in [-0.15, -0.1) is 0 Å². The van der Waals surface area contributed by atoms with Gasteiger partial charge in [0.05, 0.1) is 16.6 Å². The lowest BCUT2D eigenvalue weighted by Crippen LogP contribution is -2.29. The molecule has 7 nitrogen and oxygen atoms in total. The predicted molar refractivity (Wildman–Crippen MR) is 89.5 cm³/mol. The van der Waals surface area contributed by atoms with E-state index in [-0.39, 0.29) is 18.0 Å². The van der Waals surface area contributed by atoms with Crippen molar-refractivity contribution in [1.29, 1.82) is 0 Å². The lowest BCUT2D eigenvalue weighted by atomic mass is 10.0. The fourth-order valence-electron chi connectivity index (χ4n) is 2.79. The fourth-order valence-corrected chi connectivity index (χ4v) is 2.79. The first-order valence-electron chi connectivity index (χ1n) is 7.85. The number of aryl methyl sites for hydroxylation is 1. The zero-order chi connectivity index (χ0) is 17.7. The van der Waals surface area contributed by atoms with Gasteiger partial charge >= 0.3 is 0 Å². The van der Waals surface area contributed by atoms with Crippen LogP contribution >= 0.6 is 0 Å². The number of benzene rings is 1. The van der Waals surface area contributed by atoms with E-state index in [1.807, 2.05) is 0 Å². The number of amides is 1. The van der Waals surface area contributed by atoms with Gasteiger partial charge in [0.25, 0.3) is 5.91 Å². The summed E-state index contributed by atoms with van der Waals surface area (Å²) >= 11 is 0. The smallest absolute Gasteiger partial charge is 0.252 e. The van der Waals surface area contributed by atoms with Crippen LogP contribution in [0.25, 0.3) is 22.3 Å². The van der Waals surface area contributed by atoms with Gasteiger partial charge in [-0.2, -0.15) is 5.10 Å². The lowest BCUT2D eigenvalue weighted by molar-refractivity contribution is 0.0952. The van der Waals surface area contributed by atoms with Crippen molar-refractivity contribution in [2.75, 3.05) is 0 Å². The van der Waals surface area contributed by atoms with Crippen molar-refractivity contribution in [3.63, 3.8) is 0 Å². The third-order valence-electron chi connectivity index (χ3n) is 4.35. The van der Waals surface area contributed by atoms with Crippen LogP contribution in [0, 0.1) is 12.7 Å². The number of H-pyrrole nitrogens is 1. The maximum Gasteiger partial charge on any atom is 0.252 e. The number of aromatic hydroxyl groups is 1. The van der Waals surface area contributed by atoms with Crippen LogP contribution in [-0.4, -0.2) is 38.3 Å². The topological polar surface area (TPSA) is 117 Å². The summed E-state index contributed by atoms with van der Waals surface area (Å²) in [6.07, 6.45) is 0.750. The van der Waals surface area contributed by atoms with Crippen LogP contribution in [0.1, 0.15) is 22.5 Å². The molecule has 2 aromatic heterocycles. The summed E-state index contributed by atoms with van der Waals surface area (Å²) < 4.78 is 13.7. The molecule has 1 saturated carbocycles. The second-order valence-corrected chi connectivity index (χ2v) is 6.25. The fraction of sp³-hybridized carbons (Fsp3) is 0.235. The molecule has 25 heavy (non-hydrogen) atoms. The first-order valence-corrected chi connectivity index (χ1v) is 7.85. The minimum absolute atomic E-state index is 0.0163. The van der Waals surface area contributed by atoms with Crippen LogP contribution in [-0.2, 0) is 0 Å². The predicted octanol–water partition coefficient (Wildman–Crippen LogP) is 1.61. The molecule has 1 fully saturated rings. The highest BCUT2D eigenvalue weighted by Gasteiger charge is 2.35. The monoisotopic (exact) mass is 341 g/mol. The molecule has 1 aliphatic rings. The second-order valence-electron chi connectivity index (χ2n) is 6.25. The summed E-state index contributed by atoms with van der Waals surface area (Å²) in [4.78, 5) is 17.1. The minimum Gasteiger partial charge on any atom is -0.505 e. The van der Waals surface area contributed by atoms with Crippen molar-refractivity contribution in [2.45, 2.75) is 25.4 Å². The van der Waals surface area contributed by atoms with Gasteiger partial charge < -0.3 is 16.2 Å². The summed E-state index contributed by atoms with van der Waals surface area (Å²) in [6, 6.07) is 5.50. The average molecular weight is 341 g/mol. The van der Waals surface area contributed by atoms with E-state index in [4.69, 9.17) is 5.73 Å². The number of pyridine rings is 1. The number of nitrogens with zero attached hydrogens (tertiary/aromatic N) is 2. The van der Waals surface area contributed by atoms with Gasteiger partial charge in [-0.05, 0) is 37.6 Å². The van der Waals surface area contributed by atoms with E-state index in [1.54, 1.807) is 13.0 Å². The SMILES string of the molecule is Cc1[nH]nc2nc(-c3ccc(O)c(F)c3)cc(C(=O)N[C@@H]3C[C@H]3N)c12. The highest BCUT2D eigenvalue weighted by Crippen LogP contribution is 2.29. The quantitative estimate of drug-likeness (QED) is 0.577. The molecule has 0 bridgehead atoms. The number of aromatic nitrogens is 3. The van der Waals surface area contributed by atoms with Crippen LogP contribution in [0.3, 0.4) is 0 Å². The number of phenolic OH excluding ortho intramolecular Hbond substituents is 1. The molecule has 0 saturated heterocycles. The standard InChI is InChI=1S/C17H16FN5O2/c1-7-15-9(17(25)21-13-6-11(13)19)5-12(20-16(15)23-22-7)8-2-3-14(24)10(18)4-8/h2-5,11,13,24H,6,19H2,1H3,(H,21,25)(H,20,22,23)/t11-,13-/m1/s1. The van der Waals surface area contributed by atoms with E-state index in [1.165, 1.54) is 18.2 Å². The molecule has 0 spiro atoms. The van der Waals surface area contributed by atoms with Crippen LogP contribution < -0.4 is 11.1 Å². The van der Waals surface area contributed by atoms with Crippen molar-refractivity contribution in [1.82, 2.24) is 20.5 Å². The molecule has 1 amide bonds. The van der Waals surface area contributed by atoms with E-state index < -0.39 is 11.6 Å². The summed E-state index contributed by atoms with van der Waals surface area (Å²) in [5.74, 6) is -1.47. The average Bonchev–Trinajstić information content (AvgIpc) is 3.14. The van der Waals surface area contributed by atoms with Gasteiger partial charge in [-0.25, -0.2) is 9.37 Å². The number of hydrogen-bond acceptors (Lipinski definition) is 5. The molecule has 0 unspecified atom stereocenters. The van der Waals surface area contributed by atoms with E-state index in [9.17, 15) is 14.3 Å². The second kappa shape index (κ2) is 5.52. The molecule has 0 radical (unpaired) electrons. The van der Waals surface area contributed by atoms with Crippen molar-refractivity contribution in [3.8, 4) is 17.0 Å². The maximum atomic E-state index is 13.7. The Kier molecular flexibility index (Phi) is 3.43. The van der Waals surface area contributed by atoms with Crippen molar-refractivity contribution in [2.24, 2.45) is 5.73 Å². The van der Waals surface area contributed by atoms with Gasteiger partial charge in [0.15, 0.2) is 17.2 Å². The molecule has 8 heteroatoms. The summed E-state index contributed by atoms with van der Waals surface area (Å²) in [6.45, 7) is 1.80. The first kappa shape index (κ1) is 15.5. The Morgan fingerprint density at radius 1 is 1.44 bits per heavy atom. The number of nitrogens with one attached hydrogen (secondary N) is 2. The Morgan fingerprint density at radius 2 is 2.20 bits per heavy atom. The van der Waals surface area contributed by atoms with Gasteiger partial charge in [-0.1, -0.05) is 0 Å². The largest absolute Gasteiger partial charge is 0.505 e. The Labute approximate surface area is 142 Å². The zero-order valence-electron chi connectivity index (χ0n) is 13.4. The molecule has 2 heterocycles. The maximum absolute atomic E-state index is 13.7. The number of phenols is 1. The van der Waals surface area contributed by atoms with E-state index in [0.717, 1.165) is 12.1 Å². The first-order chi connectivity index (χ1) is 11.9. The number of aromatic amines is 1. The Morgan fingerprint density at radius 3 is 2.88 bits per heavy atom. The highest BCUT2D eigenvalue weighted by molar-refractivity contribution is 6.07. The molecule has 2 atom stereocenters. The van der Waals surface area contributed by atoms with E-state index in [0.29, 0.717) is 27.9 Å².